The van der Waals surface area contributed by atoms with Gasteiger partial charge in [0.1, 0.15) is 4.90 Å². The van der Waals surface area contributed by atoms with E-state index < -0.39 is 39.9 Å². The monoisotopic (exact) mass is 426 g/mol. The predicted molar refractivity (Wildman–Crippen MR) is 91.7 cm³/mol. The number of amides is 1. The van der Waals surface area contributed by atoms with Crippen molar-refractivity contribution >= 4 is 44.8 Å². The number of halogens is 5. The molecule has 2 rings (SSSR count). The second kappa shape index (κ2) is 7.83. The lowest BCUT2D eigenvalue weighted by Gasteiger charge is -2.14. The van der Waals surface area contributed by atoms with Crippen molar-refractivity contribution < 1.29 is 26.4 Å². The average Bonchev–Trinajstić information content (AvgIpc) is 2.55. The fraction of sp³-hybridized carbons (Fsp3) is 0.133. The van der Waals surface area contributed by atoms with Crippen molar-refractivity contribution in [3.63, 3.8) is 0 Å². The van der Waals surface area contributed by atoms with Gasteiger partial charge in [0.15, 0.2) is 0 Å². The molecule has 0 aliphatic carbocycles. The zero-order valence-corrected chi connectivity index (χ0v) is 15.1. The minimum Gasteiger partial charge on any atom is -0.324 e. The first-order chi connectivity index (χ1) is 12.0. The van der Waals surface area contributed by atoms with E-state index >= 15 is 0 Å². The highest BCUT2D eigenvalue weighted by Crippen LogP contribution is 2.34. The molecule has 0 saturated carbocycles. The molecule has 0 bridgehead atoms. The Morgan fingerprint density at radius 3 is 2.38 bits per heavy atom. The SMILES string of the molecule is O=C(CNS(=O)(=O)c1cc(Cl)ccc1Cl)Nc1ccccc1C(F)(F)F. The van der Waals surface area contributed by atoms with Gasteiger partial charge in [-0.2, -0.15) is 13.2 Å². The Kier molecular flexibility index (Phi) is 6.17. The largest absolute Gasteiger partial charge is 0.418 e. The van der Waals surface area contributed by atoms with Crippen LogP contribution in [0.2, 0.25) is 10.0 Å². The van der Waals surface area contributed by atoms with Gasteiger partial charge in [-0.15, -0.1) is 0 Å². The van der Waals surface area contributed by atoms with Crippen molar-refractivity contribution in [2.24, 2.45) is 0 Å². The average molecular weight is 427 g/mol. The summed E-state index contributed by atoms with van der Waals surface area (Å²) in [4.78, 5) is 11.5. The van der Waals surface area contributed by atoms with Crippen LogP contribution >= 0.6 is 23.2 Å². The summed E-state index contributed by atoms with van der Waals surface area (Å²) < 4.78 is 65.0. The Morgan fingerprint density at radius 2 is 1.73 bits per heavy atom. The van der Waals surface area contributed by atoms with Crippen molar-refractivity contribution in [1.82, 2.24) is 4.72 Å². The molecule has 0 radical (unpaired) electrons. The quantitative estimate of drug-likeness (QED) is 0.760. The van der Waals surface area contributed by atoms with E-state index in [0.29, 0.717) is 0 Å². The van der Waals surface area contributed by atoms with E-state index in [-0.39, 0.29) is 14.9 Å². The van der Waals surface area contributed by atoms with E-state index in [2.05, 4.69) is 0 Å². The lowest BCUT2D eigenvalue weighted by Crippen LogP contribution is -2.33. The predicted octanol–water partition coefficient (Wildman–Crippen LogP) is 3.93. The summed E-state index contributed by atoms with van der Waals surface area (Å²) in [6.07, 6.45) is -4.67. The third kappa shape index (κ3) is 5.10. The number of alkyl halides is 3. The molecule has 0 fully saturated rings. The van der Waals surface area contributed by atoms with Gasteiger partial charge in [0.2, 0.25) is 15.9 Å². The normalized spacial score (nSPS) is 12.0. The maximum Gasteiger partial charge on any atom is 0.418 e. The molecule has 2 N–H and O–H groups in total. The molecule has 1 amide bonds. The first-order valence-electron chi connectivity index (χ1n) is 6.91. The molecule has 0 atom stereocenters. The second-order valence-electron chi connectivity index (χ2n) is 4.99. The molecule has 5 nitrogen and oxygen atoms in total. The molecule has 11 heteroatoms. The molecule has 0 aliphatic rings. The highest BCUT2D eigenvalue weighted by molar-refractivity contribution is 7.89. The lowest BCUT2D eigenvalue weighted by atomic mass is 10.1. The fourth-order valence-corrected chi connectivity index (χ4v) is 3.70. The minimum absolute atomic E-state index is 0.110. The summed E-state index contributed by atoms with van der Waals surface area (Å²) in [6.45, 7) is -0.794. The van der Waals surface area contributed by atoms with Crippen LogP contribution in [0.5, 0.6) is 0 Å². The van der Waals surface area contributed by atoms with Crippen LogP contribution in [0.4, 0.5) is 18.9 Å². The first-order valence-corrected chi connectivity index (χ1v) is 9.15. The fourth-order valence-electron chi connectivity index (χ4n) is 1.96. The van der Waals surface area contributed by atoms with Crippen molar-refractivity contribution in [3.8, 4) is 0 Å². The van der Waals surface area contributed by atoms with Crippen molar-refractivity contribution in [2.45, 2.75) is 11.1 Å². The van der Waals surface area contributed by atoms with E-state index in [1.807, 2.05) is 10.0 Å². The minimum atomic E-state index is -4.67. The summed E-state index contributed by atoms with van der Waals surface area (Å²) in [5.74, 6) is -0.983. The van der Waals surface area contributed by atoms with Crippen LogP contribution < -0.4 is 10.0 Å². The zero-order valence-electron chi connectivity index (χ0n) is 12.8. The van der Waals surface area contributed by atoms with Gasteiger partial charge < -0.3 is 5.32 Å². The third-order valence-corrected chi connectivity index (χ3v) is 5.23. The molecular formula is C15H11Cl2F3N2O3S. The highest BCUT2D eigenvalue weighted by Gasteiger charge is 2.33. The van der Waals surface area contributed by atoms with Crippen molar-refractivity contribution in [3.05, 3.63) is 58.1 Å². The first kappa shape index (κ1) is 20.5. The number of para-hydroxylation sites is 1. The topological polar surface area (TPSA) is 75.3 Å². The Balaban J connectivity index is 2.11. The van der Waals surface area contributed by atoms with E-state index in [4.69, 9.17) is 23.2 Å². The number of benzene rings is 2. The zero-order chi connectivity index (χ0) is 19.5. The molecule has 140 valence electrons. The van der Waals surface area contributed by atoms with Gasteiger partial charge in [-0.05, 0) is 30.3 Å². The van der Waals surface area contributed by atoms with E-state index in [1.165, 1.54) is 24.3 Å². The maximum atomic E-state index is 12.9. The van der Waals surface area contributed by atoms with E-state index in [9.17, 15) is 26.4 Å². The van der Waals surface area contributed by atoms with E-state index in [0.717, 1.165) is 18.2 Å². The van der Waals surface area contributed by atoms with Crippen LogP contribution in [0.15, 0.2) is 47.4 Å². The summed E-state index contributed by atoms with van der Waals surface area (Å²) in [6, 6.07) is 8.06. The van der Waals surface area contributed by atoms with Gasteiger partial charge in [-0.1, -0.05) is 35.3 Å². The molecular weight excluding hydrogens is 416 g/mol. The van der Waals surface area contributed by atoms with Crippen LogP contribution in [0.3, 0.4) is 0 Å². The molecule has 26 heavy (non-hydrogen) atoms. The number of anilines is 1. The summed E-state index contributed by atoms with van der Waals surface area (Å²) in [7, 11) is -4.19. The molecule has 0 heterocycles. The number of rotatable bonds is 5. The lowest BCUT2D eigenvalue weighted by molar-refractivity contribution is -0.137. The molecule has 2 aromatic carbocycles. The Labute approximate surface area is 157 Å². The standard InChI is InChI=1S/C15H11Cl2F3N2O3S/c16-9-5-6-11(17)13(7-9)26(24,25)21-8-14(23)22-12-4-2-1-3-10(12)15(18,19)20/h1-7,21H,8H2,(H,22,23). The van der Waals surface area contributed by atoms with Crippen molar-refractivity contribution in [2.75, 3.05) is 11.9 Å². The van der Waals surface area contributed by atoms with Gasteiger partial charge in [-0.3, -0.25) is 4.79 Å². The van der Waals surface area contributed by atoms with Crippen LogP contribution in [0.25, 0.3) is 0 Å². The summed E-state index contributed by atoms with van der Waals surface area (Å²) in [5.41, 5.74) is -1.53. The van der Waals surface area contributed by atoms with Crippen molar-refractivity contribution in [1.29, 1.82) is 0 Å². The van der Waals surface area contributed by atoms with Crippen LogP contribution in [-0.2, 0) is 21.0 Å². The molecule has 2 aromatic rings. The molecule has 0 aliphatic heterocycles. The number of nitrogens with one attached hydrogen (secondary N) is 2. The van der Waals surface area contributed by atoms with E-state index in [1.54, 1.807) is 0 Å². The van der Waals surface area contributed by atoms with Gasteiger partial charge in [0.05, 0.1) is 22.8 Å². The van der Waals surface area contributed by atoms with Crippen LogP contribution in [-0.4, -0.2) is 20.9 Å². The van der Waals surface area contributed by atoms with Crippen LogP contribution in [0.1, 0.15) is 5.56 Å². The number of sulfonamides is 1. The second-order valence-corrected chi connectivity index (χ2v) is 7.57. The Morgan fingerprint density at radius 1 is 1.08 bits per heavy atom. The number of carbonyl (C=O) groups is 1. The number of hydrogen-bond acceptors (Lipinski definition) is 3. The highest BCUT2D eigenvalue weighted by atomic mass is 35.5. The summed E-state index contributed by atoms with van der Waals surface area (Å²) in [5, 5.41) is 2.01. The Bertz CT molecular complexity index is 934. The van der Waals surface area contributed by atoms with Crippen LogP contribution in [0, 0.1) is 0 Å². The third-order valence-electron chi connectivity index (χ3n) is 3.11. The molecule has 0 saturated heterocycles. The van der Waals surface area contributed by atoms with Gasteiger partial charge in [0.25, 0.3) is 0 Å². The maximum absolute atomic E-state index is 12.9. The molecule has 0 aromatic heterocycles. The molecule has 0 unspecified atom stereocenters. The number of carbonyl (C=O) groups excluding carboxylic acids is 1. The van der Waals surface area contributed by atoms with Gasteiger partial charge in [0, 0.05) is 5.02 Å². The molecule has 0 spiro atoms. The van der Waals surface area contributed by atoms with Gasteiger partial charge in [-0.25, -0.2) is 13.1 Å². The smallest absolute Gasteiger partial charge is 0.324 e. The number of hydrogen-bond donors (Lipinski definition) is 2. The Hall–Kier alpha value is -1.81. The van der Waals surface area contributed by atoms with Gasteiger partial charge >= 0.3 is 6.18 Å². The summed E-state index contributed by atoms with van der Waals surface area (Å²) >= 11 is 11.5.